The van der Waals surface area contributed by atoms with Gasteiger partial charge in [-0.25, -0.2) is 0 Å². The molecule has 149 valence electrons. The second kappa shape index (κ2) is 8.02. The van der Waals surface area contributed by atoms with Gasteiger partial charge in [-0.3, -0.25) is 0 Å². The number of rotatable bonds is 6. The van der Waals surface area contributed by atoms with Crippen LogP contribution in [0.2, 0.25) is 0 Å². The van der Waals surface area contributed by atoms with Crippen molar-refractivity contribution in [1.82, 2.24) is 0 Å². The fourth-order valence-corrected chi connectivity index (χ4v) is 2.26. The minimum absolute atomic E-state index is 0.0509. The topological polar surface area (TPSA) is 62.5 Å². The zero-order chi connectivity index (χ0) is 21.2. The smallest absolute Gasteiger partial charge is 0.414 e. The van der Waals surface area contributed by atoms with E-state index in [1.807, 2.05) is 0 Å². The van der Waals surface area contributed by atoms with Crippen molar-refractivity contribution in [2.45, 2.75) is 51.5 Å². The van der Waals surface area contributed by atoms with Gasteiger partial charge >= 0.3 is 13.7 Å². The number of nitrogens with zero attached hydrogens (tertiary/aromatic N) is 1. The van der Waals surface area contributed by atoms with Gasteiger partial charge < -0.3 is 14.5 Å². The Balaban J connectivity index is 2.04. The maximum Gasteiger partial charge on any atom is 0.414 e. The molecule has 0 saturated carbocycles. The van der Waals surface area contributed by atoms with E-state index in [9.17, 15) is 18.3 Å². The molecule has 1 aromatic rings. The van der Waals surface area contributed by atoms with E-state index in [1.165, 1.54) is 13.6 Å². The number of nitriles is 1. The summed E-state index contributed by atoms with van der Waals surface area (Å²) in [4.78, 5) is 0. The minimum Gasteiger partial charge on any atom is -0.458 e. The molecule has 0 amide bonds. The second-order valence-corrected chi connectivity index (χ2v) is 7.60. The van der Waals surface area contributed by atoms with E-state index < -0.39 is 28.9 Å². The van der Waals surface area contributed by atoms with E-state index in [1.54, 1.807) is 58.0 Å². The van der Waals surface area contributed by atoms with Crippen LogP contribution in [0.15, 0.2) is 47.7 Å². The van der Waals surface area contributed by atoms with Gasteiger partial charge in [0.1, 0.15) is 11.5 Å². The zero-order valence-corrected chi connectivity index (χ0v) is 16.2. The first-order chi connectivity index (χ1) is 12.8. The van der Waals surface area contributed by atoms with E-state index in [0.29, 0.717) is 11.2 Å². The lowest BCUT2D eigenvalue weighted by Gasteiger charge is -2.37. The van der Waals surface area contributed by atoms with Crippen molar-refractivity contribution in [3.05, 3.63) is 47.7 Å². The minimum atomic E-state index is -4.58. The molecule has 0 aliphatic heterocycles. The highest BCUT2D eigenvalue weighted by molar-refractivity contribution is 6.47. The number of allylic oxidation sites excluding steroid dienone is 3. The number of ether oxygens (including phenoxy) is 1. The lowest BCUT2D eigenvalue weighted by molar-refractivity contribution is -0.0973. The van der Waals surface area contributed by atoms with Gasteiger partial charge in [-0.1, -0.05) is 17.6 Å². The third kappa shape index (κ3) is 5.40. The lowest BCUT2D eigenvalue weighted by Crippen LogP contribution is -2.49. The largest absolute Gasteiger partial charge is 0.458 e. The maximum atomic E-state index is 13.1. The van der Waals surface area contributed by atoms with Gasteiger partial charge in [0.15, 0.2) is 0 Å². The first kappa shape index (κ1) is 22.1. The van der Waals surface area contributed by atoms with Crippen LogP contribution < -0.4 is 10.2 Å². The third-order valence-corrected chi connectivity index (χ3v) is 4.79. The maximum absolute atomic E-state index is 13.1. The highest BCUT2D eigenvalue weighted by Crippen LogP contribution is 2.37. The summed E-state index contributed by atoms with van der Waals surface area (Å²) in [6.07, 6.45) is -2.29. The first-order valence-electron chi connectivity index (χ1n) is 8.73. The van der Waals surface area contributed by atoms with E-state index >= 15 is 0 Å². The second-order valence-electron chi connectivity index (χ2n) is 7.60. The molecule has 0 bridgehead atoms. The number of alkyl halides is 3. The molecule has 0 saturated heterocycles. The fourth-order valence-electron chi connectivity index (χ4n) is 2.26. The van der Waals surface area contributed by atoms with Crippen LogP contribution in [-0.2, 0) is 4.65 Å². The average molecular weight is 392 g/mol. The Morgan fingerprint density at radius 3 is 2.25 bits per heavy atom. The van der Waals surface area contributed by atoms with Crippen LogP contribution in [0.3, 0.4) is 0 Å². The monoisotopic (exact) mass is 392 g/mol. The summed E-state index contributed by atoms with van der Waals surface area (Å²) >= 11 is 0. The Morgan fingerprint density at radius 1 is 1.14 bits per heavy atom. The zero-order valence-electron chi connectivity index (χ0n) is 16.2. The van der Waals surface area contributed by atoms with Crippen molar-refractivity contribution < 1.29 is 27.7 Å². The molecule has 1 aromatic carbocycles. The van der Waals surface area contributed by atoms with Crippen LogP contribution in [0.1, 0.15) is 34.1 Å². The van der Waals surface area contributed by atoms with E-state index in [0.717, 1.165) is 6.08 Å². The number of benzene rings is 1. The SMILES string of the molecule is CC(C)(O)C(C)(C)O[B]c1ccc(OC2=CCC(C#N)C(C(F)(F)F)=C2)cc1. The predicted molar refractivity (Wildman–Crippen MR) is 99.9 cm³/mol. The van der Waals surface area contributed by atoms with Crippen LogP contribution in [-0.4, -0.2) is 30.0 Å². The highest BCUT2D eigenvalue weighted by Gasteiger charge is 2.40. The van der Waals surface area contributed by atoms with Gasteiger partial charge in [-0.15, -0.1) is 0 Å². The molecule has 0 aromatic heterocycles. The average Bonchev–Trinajstić information content (AvgIpc) is 2.59. The van der Waals surface area contributed by atoms with Crippen LogP contribution in [0.25, 0.3) is 0 Å². The first-order valence-corrected chi connectivity index (χ1v) is 8.73. The molecule has 1 N–H and O–H groups in total. The van der Waals surface area contributed by atoms with Gasteiger partial charge in [-0.05, 0) is 58.4 Å². The summed E-state index contributed by atoms with van der Waals surface area (Å²) in [5.41, 5.74) is -2.06. The molecule has 8 heteroatoms. The lowest BCUT2D eigenvalue weighted by atomic mass is 9.82. The van der Waals surface area contributed by atoms with Crippen molar-refractivity contribution in [2.24, 2.45) is 5.92 Å². The molecule has 1 aliphatic carbocycles. The predicted octanol–water partition coefficient (Wildman–Crippen LogP) is 3.79. The van der Waals surface area contributed by atoms with E-state index in [2.05, 4.69) is 0 Å². The summed E-state index contributed by atoms with van der Waals surface area (Å²) < 4.78 is 50.4. The molecule has 1 aliphatic rings. The van der Waals surface area contributed by atoms with Crippen molar-refractivity contribution >= 4 is 12.9 Å². The summed E-state index contributed by atoms with van der Waals surface area (Å²) in [5.74, 6) is -0.811. The van der Waals surface area contributed by atoms with Crippen LogP contribution in [0.5, 0.6) is 5.75 Å². The number of hydrogen-bond donors (Lipinski definition) is 1. The molecule has 2 rings (SSSR count). The number of aliphatic hydroxyl groups is 1. The molecule has 4 nitrogen and oxygen atoms in total. The van der Waals surface area contributed by atoms with Gasteiger partial charge in [0, 0.05) is 0 Å². The Labute approximate surface area is 163 Å². The Kier molecular flexibility index (Phi) is 6.32. The van der Waals surface area contributed by atoms with Crippen molar-refractivity contribution in [3.8, 4) is 11.8 Å². The summed E-state index contributed by atoms with van der Waals surface area (Å²) in [7, 11) is 1.50. The summed E-state index contributed by atoms with van der Waals surface area (Å²) in [5, 5.41) is 19.0. The summed E-state index contributed by atoms with van der Waals surface area (Å²) in [6, 6.07) is 8.24. The molecule has 0 fully saturated rings. The highest BCUT2D eigenvalue weighted by atomic mass is 19.4. The Hall–Kier alpha value is -2.24. The molecule has 28 heavy (non-hydrogen) atoms. The molecule has 1 radical (unpaired) electrons. The molecule has 1 atom stereocenters. The van der Waals surface area contributed by atoms with Crippen molar-refractivity contribution in [2.75, 3.05) is 0 Å². The molecule has 1 unspecified atom stereocenters. The van der Waals surface area contributed by atoms with Crippen LogP contribution in [0, 0.1) is 17.2 Å². The van der Waals surface area contributed by atoms with Crippen LogP contribution in [0.4, 0.5) is 13.2 Å². The van der Waals surface area contributed by atoms with Gasteiger partial charge in [0.2, 0.25) is 0 Å². The van der Waals surface area contributed by atoms with E-state index in [4.69, 9.17) is 14.7 Å². The number of hydrogen-bond acceptors (Lipinski definition) is 4. The van der Waals surface area contributed by atoms with Crippen molar-refractivity contribution in [1.29, 1.82) is 5.26 Å². The quantitative estimate of drug-likeness (QED) is 0.749. The Morgan fingerprint density at radius 2 is 1.75 bits per heavy atom. The molecular formula is C20H22BF3NO3. The molecule has 0 heterocycles. The Bertz CT molecular complexity index is 800. The van der Waals surface area contributed by atoms with Gasteiger partial charge in [0.25, 0.3) is 0 Å². The fraction of sp³-hybridized carbons (Fsp3) is 0.450. The van der Waals surface area contributed by atoms with Crippen LogP contribution >= 0.6 is 0 Å². The standard InChI is InChI=1S/C20H22BF3NO3/c1-18(2,26)19(3,4)28-21-14-6-9-15(10-7-14)27-16-8-5-13(12-25)17(11-16)20(22,23)24/h6-11,13,26H,5H2,1-4H3. The van der Waals surface area contributed by atoms with Crippen molar-refractivity contribution in [3.63, 3.8) is 0 Å². The molecule has 0 spiro atoms. The number of halogens is 3. The normalized spacial score (nSPS) is 18.0. The van der Waals surface area contributed by atoms with E-state index in [-0.39, 0.29) is 12.2 Å². The summed E-state index contributed by atoms with van der Waals surface area (Å²) in [6.45, 7) is 6.82. The van der Waals surface area contributed by atoms with Gasteiger partial charge in [0.05, 0.1) is 28.8 Å². The molecular weight excluding hydrogens is 370 g/mol. The van der Waals surface area contributed by atoms with Gasteiger partial charge in [-0.2, -0.15) is 18.4 Å². The third-order valence-electron chi connectivity index (χ3n) is 4.79.